The van der Waals surface area contributed by atoms with Crippen LogP contribution in [0.4, 0.5) is 0 Å². The minimum atomic E-state index is -0.140. The monoisotopic (exact) mass is 365 g/mol. The lowest BCUT2D eigenvalue weighted by Gasteiger charge is -2.16. The highest BCUT2D eigenvalue weighted by Crippen LogP contribution is 2.18. The van der Waals surface area contributed by atoms with E-state index in [0.29, 0.717) is 13.0 Å². The molecule has 6 nitrogen and oxygen atoms in total. The van der Waals surface area contributed by atoms with Crippen LogP contribution in [0.3, 0.4) is 0 Å². The van der Waals surface area contributed by atoms with Crippen LogP contribution in [0.1, 0.15) is 24.7 Å². The lowest BCUT2D eigenvalue weighted by atomic mass is 10.2. The van der Waals surface area contributed by atoms with E-state index in [0.717, 1.165) is 23.6 Å². The smallest absolute Gasteiger partial charge is 0.221 e. The summed E-state index contributed by atoms with van der Waals surface area (Å²) in [5, 5.41) is 11.3. The third kappa shape index (κ3) is 5.31. The van der Waals surface area contributed by atoms with E-state index >= 15 is 0 Å². The average molecular weight is 366 g/mol. The van der Waals surface area contributed by atoms with Crippen molar-refractivity contribution in [1.29, 1.82) is 0 Å². The predicted molar refractivity (Wildman–Crippen MR) is 95.0 cm³/mol. The number of halogens is 2. The van der Waals surface area contributed by atoms with E-state index in [9.17, 15) is 4.79 Å². The number of nitrogens with two attached hydrogens (primary N) is 1. The predicted octanol–water partition coefficient (Wildman–Crippen LogP) is 1.83. The van der Waals surface area contributed by atoms with Crippen molar-refractivity contribution in [2.75, 3.05) is 18.6 Å². The second kappa shape index (κ2) is 10.7. The van der Waals surface area contributed by atoms with Gasteiger partial charge in [0, 0.05) is 19.2 Å². The maximum Gasteiger partial charge on any atom is 0.221 e. The average Bonchev–Trinajstić information content (AvgIpc) is 2.87. The lowest BCUT2D eigenvalue weighted by Crippen LogP contribution is -2.31. The first-order valence-corrected chi connectivity index (χ1v) is 7.93. The first-order chi connectivity index (χ1) is 9.76. The molecule has 0 aromatic carbocycles. The Morgan fingerprint density at radius 1 is 1.41 bits per heavy atom. The van der Waals surface area contributed by atoms with E-state index in [1.807, 2.05) is 35.1 Å². The van der Waals surface area contributed by atoms with Crippen molar-refractivity contribution in [3.05, 3.63) is 30.2 Å². The molecule has 0 aliphatic heterocycles. The maximum atomic E-state index is 11.8. The summed E-state index contributed by atoms with van der Waals surface area (Å²) in [6, 6.07) is 5.59. The van der Waals surface area contributed by atoms with Gasteiger partial charge < -0.3 is 11.1 Å². The van der Waals surface area contributed by atoms with Crippen molar-refractivity contribution >= 4 is 48.1 Å². The molecule has 0 spiro atoms. The van der Waals surface area contributed by atoms with Gasteiger partial charge in [-0.15, -0.1) is 35.0 Å². The number of carbonyl (C=O) groups is 1. The third-order valence-electron chi connectivity index (χ3n) is 2.97. The Hall–Kier alpha value is -1.02. The molecule has 2 heterocycles. The van der Waals surface area contributed by atoms with E-state index in [1.54, 1.807) is 11.8 Å². The summed E-state index contributed by atoms with van der Waals surface area (Å²) in [7, 11) is 0. The van der Waals surface area contributed by atoms with Crippen molar-refractivity contribution in [3.8, 4) is 0 Å². The van der Waals surface area contributed by atoms with Gasteiger partial charge in [-0.2, -0.15) is 11.8 Å². The fourth-order valence-electron chi connectivity index (χ4n) is 2.00. The molecule has 124 valence electrons. The SMILES string of the molecule is CSCCC(NC(=O)CCN)c1nnc2ccccn12.Cl.Cl. The number of hydrogen-bond acceptors (Lipinski definition) is 5. The number of rotatable bonds is 7. The van der Waals surface area contributed by atoms with Gasteiger partial charge >= 0.3 is 0 Å². The Kier molecular flexibility index (Phi) is 10.2. The molecule has 3 N–H and O–H groups in total. The largest absolute Gasteiger partial charge is 0.346 e. The molecule has 9 heteroatoms. The van der Waals surface area contributed by atoms with Gasteiger partial charge in [0.1, 0.15) is 0 Å². The topological polar surface area (TPSA) is 85.3 Å². The highest BCUT2D eigenvalue weighted by atomic mass is 35.5. The van der Waals surface area contributed by atoms with E-state index in [-0.39, 0.29) is 36.8 Å². The molecule has 0 aliphatic rings. The van der Waals surface area contributed by atoms with Crippen LogP contribution in [0.5, 0.6) is 0 Å². The number of carbonyl (C=O) groups excluding carboxylic acids is 1. The summed E-state index contributed by atoms with van der Waals surface area (Å²) >= 11 is 1.74. The fraction of sp³-hybridized carbons (Fsp3) is 0.462. The summed E-state index contributed by atoms with van der Waals surface area (Å²) in [5.74, 6) is 1.65. The quantitative estimate of drug-likeness (QED) is 0.781. The molecule has 0 fully saturated rings. The van der Waals surface area contributed by atoms with Gasteiger partial charge in [0.05, 0.1) is 6.04 Å². The van der Waals surface area contributed by atoms with Crippen molar-refractivity contribution in [2.45, 2.75) is 18.9 Å². The van der Waals surface area contributed by atoms with Crippen LogP contribution in [-0.2, 0) is 4.79 Å². The minimum Gasteiger partial charge on any atom is -0.346 e. The van der Waals surface area contributed by atoms with Crippen molar-refractivity contribution < 1.29 is 4.79 Å². The fourth-order valence-corrected chi connectivity index (χ4v) is 2.47. The van der Waals surface area contributed by atoms with Crippen molar-refractivity contribution in [3.63, 3.8) is 0 Å². The number of nitrogens with one attached hydrogen (secondary N) is 1. The van der Waals surface area contributed by atoms with Gasteiger partial charge in [-0.3, -0.25) is 9.20 Å². The second-order valence-electron chi connectivity index (χ2n) is 4.43. The number of pyridine rings is 1. The van der Waals surface area contributed by atoms with Crippen molar-refractivity contribution in [1.82, 2.24) is 19.9 Å². The molecule has 0 bridgehead atoms. The van der Waals surface area contributed by atoms with Crippen LogP contribution < -0.4 is 11.1 Å². The third-order valence-corrected chi connectivity index (χ3v) is 3.61. The van der Waals surface area contributed by atoms with E-state index < -0.39 is 0 Å². The highest BCUT2D eigenvalue weighted by Gasteiger charge is 2.19. The normalized spacial score (nSPS) is 11.4. The molecule has 0 saturated carbocycles. The zero-order valence-electron chi connectivity index (χ0n) is 12.3. The van der Waals surface area contributed by atoms with Crippen LogP contribution in [-0.4, -0.2) is 39.1 Å². The van der Waals surface area contributed by atoms with E-state index in [4.69, 9.17) is 5.73 Å². The number of nitrogens with zero attached hydrogens (tertiary/aromatic N) is 3. The Morgan fingerprint density at radius 3 is 2.86 bits per heavy atom. The Bertz CT molecular complexity index is 580. The summed E-state index contributed by atoms with van der Waals surface area (Å²) in [6.45, 7) is 0.349. The number of amides is 1. The molecule has 0 radical (unpaired) electrons. The second-order valence-corrected chi connectivity index (χ2v) is 5.41. The van der Waals surface area contributed by atoms with Gasteiger partial charge in [-0.05, 0) is 30.6 Å². The molecule has 2 aromatic heterocycles. The van der Waals surface area contributed by atoms with Crippen LogP contribution in [0.2, 0.25) is 0 Å². The van der Waals surface area contributed by atoms with Crippen LogP contribution in [0.15, 0.2) is 24.4 Å². The van der Waals surface area contributed by atoms with Crippen LogP contribution >= 0.6 is 36.6 Å². The molecule has 2 aromatic rings. The molecule has 0 aliphatic carbocycles. The summed E-state index contributed by atoms with van der Waals surface area (Å²) < 4.78 is 1.91. The highest BCUT2D eigenvalue weighted by molar-refractivity contribution is 7.98. The van der Waals surface area contributed by atoms with E-state index in [1.165, 1.54) is 0 Å². The number of aromatic nitrogens is 3. The number of hydrogen-bond donors (Lipinski definition) is 2. The van der Waals surface area contributed by atoms with Gasteiger partial charge in [0.25, 0.3) is 0 Å². The first-order valence-electron chi connectivity index (χ1n) is 6.54. The number of thioether (sulfide) groups is 1. The van der Waals surface area contributed by atoms with E-state index in [2.05, 4.69) is 15.5 Å². The molecule has 0 saturated heterocycles. The molecular weight excluding hydrogens is 345 g/mol. The zero-order chi connectivity index (χ0) is 14.4. The molecule has 1 atom stereocenters. The molecule has 22 heavy (non-hydrogen) atoms. The first kappa shape index (κ1) is 21.0. The van der Waals surface area contributed by atoms with Crippen molar-refractivity contribution in [2.24, 2.45) is 5.73 Å². The standard InChI is InChI=1S/C13H19N5OS.2ClH/c1-20-9-6-10(15-12(19)5-7-14)13-17-16-11-4-2-3-8-18(11)13;;/h2-4,8,10H,5-7,9,14H2,1H3,(H,15,19);2*1H. The van der Waals surface area contributed by atoms with Gasteiger partial charge in [0.2, 0.25) is 5.91 Å². The summed E-state index contributed by atoms with van der Waals surface area (Å²) in [6.07, 6.45) is 5.09. The summed E-state index contributed by atoms with van der Waals surface area (Å²) in [4.78, 5) is 11.8. The Morgan fingerprint density at radius 2 is 2.18 bits per heavy atom. The molecule has 1 unspecified atom stereocenters. The number of fused-ring (bicyclic) bond motifs is 1. The van der Waals surface area contributed by atoms with Gasteiger partial charge in [-0.1, -0.05) is 6.07 Å². The lowest BCUT2D eigenvalue weighted by molar-refractivity contribution is -0.121. The Labute approximate surface area is 146 Å². The molecule has 2 rings (SSSR count). The molecule has 1 amide bonds. The zero-order valence-corrected chi connectivity index (χ0v) is 14.7. The Balaban J connectivity index is 0.00000220. The van der Waals surface area contributed by atoms with Crippen LogP contribution in [0, 0.1) is 0 Å². The summed E-state index contributed by atoms with van der Waals surface area (Å²) in [5.41, 5.74) is 6.20. The minimum absolute atomic E-state index is 0. The van der Waals surface area contributed by atoms with Gasteiger partial charge in [0.15, 0.2) is 11.5 Å². The maximum absolute atomic E-state index is 11.8. The van der Waals surface area contributed by atoms with Gasteiger partial charge in [-0.25, -0.2) is 0 Å². The molecular formula is C13H21Cl2N5OS. The van der Waals surface area contributed by atoms with Crippen LogP contribution in [0.25, 0.3) is 5.65 Å².